The number of ether oxygens (including phenoxy) is 4. The lowest BCUT2D eigenvalue weighted by molar-refractivity contribution is 0.104. The number of carbonyl (C=O) groups excluding carboxylic acids is 5. The molecular formula is C27H32N4O9. The fraction of sp³-hybridized carbons (Fsp3) is 0.296. The molecule has 2 aromatic rings. The summed E-state index contributed by atoms with van der Waals surface area (Å²) in [5.74, 6) is -1.11. The molecule has 0 unspecified atom stereocenters. The van der Waals surface area contributed by atoms with Crippen LogP contribution in [0.3, 0.4) is 0 Å². The van der Waals surface area contributed by atoms with Crippen LogP contribution in [0.15, 0.2) is 42.5 Å². The number of rotatable bonds is 7. The van der Waals surface area contributed by atoms with Crippen LogP contribution in [-0.4, -0.2) is 106 Å². The van der Waals surface area contributed by atoms with Crippen LogP contribution in [-0.2, 0) is 0 Å². The number of ketones is 1. The van der Waals surface area contributed by atoms with Crippen molar-refractivity contribution in [1.82, 2.24) is 19.6 Å². The van der Waals surface area contributed by atoms with Crippen molar-refractivity contribution in [2.45, 2.75) is 0 Å². The van der Waals surface area contributed by atoms with Crippen LogP contribution in [0, 0.1) is 0 Å². The molecule has 40 heavy (non-hydrogen) atoms. The number of amides is 4. The Labute approximate surface area is 232 Å². The molecule has 0 spiro atoms. The molecule has 4 amide bonds. The van der Waals surface area contributed by atoms with E-state index in [1.54, 1.807) is 38.4 Å². The monoisotopic (exact) mass is 556 g/mol. The second kappa shape index (κ2) is 13.6. The minimum Gasteiger partial charge on any atom is -0.410 e. The second-order valence-corrected chi connectivity index (χ2v) is 9.11. The van der Waals surface area contributed by atoms with Crippen molar-refractivity contribution >= 4 is 36.2 Å². The van der Waals surface area contributed by atoms with Gasteiger partial charge in [0, 0.05) is 68.5 Å². The molecule has 2 rings (SSSR count). The Bertz CT molecular complexity index is 1260. The van der Waals surface area contributed by atoms with E-state index in [2.05, 4.69) is 0 Å². The van der Waals surface area contributed by atoms with Crippen molar-refractivity contribution in [3.63, 3.8) is 0 Å². The van der Waals surface area contributed by atoms with E-state index < -0.39 is 30.2 Å². The number of benzene rings is 2. The van der Waals surface area contributed by atoms with Gasteiger partial charge in [-0.05, 0) is 23.8 Å². The normalized spacial score (nSPS) is 10.4. The number of carbonyl (C=O) groups is 5. The number of allylic oxidation sites excluding steroid dienone is 1. The molecule has 0 aliphatic heterocycles. The molecule has 0 fully saturated rings. The predicted molar refractivity (Wildman–Crippen MR) is 145 cm³/mol. The highest BCUT2D eigenvalue weighted by molar-refractivity contribution is 6.11. The van der Waals surface area contributed by atoms with Gasteiger partial charge < -0.3 is 38.5 Å². The highest BCUT2D eigenvalue weighted by Crippen LogP contribution is 2.36. The fourth-order valence-corrected chi connectivity index (χ4v) is 2.69. The van der Waals surface area contributed by atoms with E-state index in [1.165, 1.54) is 71.5 Å². The minimum absolute atomic E-state index is 0.134. The van der Waals surface area contributed by atoms with Gasteiger partial charge in [-0.1, -0.05) is 18.2 Å². The van der Waals surface area contributed by atoms with Crippen LogP contribution in [0.5, 0.6) is 23.0 Å². The predicted octanol–water partition coefficient (Wildman–Crippen LogP) is 3.82. The third kappa shape index (κ3) is 8.75. The largest absolute Gasteiger partial charge is 0.414 e. The minimum atomic E-state index is -0.832. The average Bonchev–Trinajstić information content (AvgIpc) is 2.87. The second-order valence-electron chi connectivity index (χ2n) is 9.11. The van der Waals surface area contributed by atoms with Crippen molar-refractivity contribution < 1.29 is 42.9 Å². The fourth-order valence-electron chi connectivity index (χ4n) is 2.69. The maximum atomic E-state index is 13.4. The Hall–Kier alpha value is -5.07. The van der Waals surface area contributed by atoms with Crippen LogP contribution >= 0.6 is 0 Å². The lowest BCUT2D eigenvalue weighted by Gasteiger charge is -2.19. The molecule has 0 aliphatic rings. The first-order chi connectivity index (χ1) is 18.7. The highest BCUT2D eigenvalue weighted by Gasteiger charge is 2.25. The van der Waals surface area contributed by atoms with E-state index in [-0.39, 0.29) is 22.8 Å². The van der Waals surface area contributed by atoms with Gasteiger partial charge in [0.15, 0.2) is 17.3 Å². The Kier molecular flexibility index (Phi) is 10.6. The zero-order chi connectivity index (χ0) is 30.1. The van der Waals surface area contributed by atoms with E-state index in [0.29, 0.717) is 11.3 Å². The Morgan fingerprint density at radius 1 is 0.550 bits per heavy atom. The molecule has 0 aromatic heterocycles. The average molecular weight is 557 g/mol. The summed E-state index contributed by atoms with van der Waals surface area (Å²) in [6, 6.07) is 8.68. The maximum Gasteiger partial charge on any atom is 0.414 e. The summed E-state index contributed by atoms with van der Waals surface area (Å²) in [6.07, 6.45) is -0.314. The zero-order valence-electron chi connectivity index (χ0n) is 23.6. The topological polar surface area (TPSA) is 135 Å². The molecule has 13 heteroatoms. The summed E-state index contributed by atoms with van der Waals surface area (Å²) in [4.78, 5) is 66.8. The molecule has 0 heterocycles. The van der Waals surface area contributed by atoms with Crippen molar-refractivity contribution in [2.24, 2.45) is 0 Å². The van der Waals surface area contributed by atoms with Gasteiger partial charge in [-0.3, -0.25) is 4.79 Å². The van der Waals surface area contributed by atoms with Gasteiger partial charge in [-0.25, -0.2) is 19.2 Å². The van der Waals surface area contributed by atoms with Crippen molar-refractivity contribution in [1.29, 1.82) is 0 Å². The van der Waals surface area contributed by atoms with Crippen molar-refractivity contribution in [3.8, 4) is 23.0 Å². The van der Waals surface area contributed by atoms with Gasteiger partial charge in [0.2, 0.25) is 0 Å². The first-order valence-corrected chi connectivity index (χ1v) is 11.8. The number of hydrogen-bond acceptors (Lipinski definition) is 9. The standard InChI is InChI=1S/C27H32N4O9/c1-28(2)24(33)37-18-12-9-17(10-13-18)11-14-20(32)23-21(39-26(35)30(5)6)15-19(38-25(34)29(3)4)16-22(23)40-27(36)31(7)8/h9-16H,1-8H3/b14-11+. The highest BCUT2D eigenvalue weighted by atomic mass is 16.6. The number of nitrogens with zero attached hydrogens (tertiary/aromatic N) is 4. The van der Waals surface area contributed by atoms with E-state index in [0.717, 1.165) is 14.7 Å². The smallest absolute Gasteiger partial charge is 0.410 e. The summed E-state index contributed by atoms with van der Waals surface area (Å²) < 4.78 is 21.2. The van der Waals surface area contributed by atoms with Crippen LogP contribution < -0.4 is 18.9 Å². The summed E-state index contributed by atoms with van der Waals surface area (Å²) in [6.45, 7) is 0. The molecule has 0 radical (unpaired) electrons. The van der Waals surface area contributed by atoms with Crippen molar-refractivity contribution in [2.75, 3.05) is 56.4 Å². The molecule has 214 valence electrons. The van der Waals surface area contributed by atoms with Gasteiger partial charge in [0.25, 0.3) is 0 Å². The molecule has 0 bridgehead atoms. The van der Waals surface area contributed by atoms with Gasteiger partial charge in [-0.2, -0.15) is 0 Å². The van der Waals surface area contributed by atoms with Gasteiger partial charge in [-0.15, -0.1) is 0 Å². The molecule has 0 aliphatic carbocycles. The Morgan fingerprint density at radius 3 is 1.32 bits per heavy atom. The van der Waals surface area contributed by atoms with Gasteiger partial charge >= 0.3 is 24.4 Å². The summed E-state index contributed by atoms with van der Waals surface area (Å²) in [7, 11) is 11.8. The third-order valence-electron chi connectivity index (χ3n) is 4.86. The quantitative estimate of drug-likeness (QED) is 0.368. The molecule has 0 N–H and O–H groups in total. The lowest BCUT2D eigenvalue weighted by atomic mass is 10.1. The van der Waals surface area contributed by atoms with Crippen LogP contribution in [0.2, 0.25) is 0 Å². The maximum absolute atomic E-state index is 13.4. The number of hydrogen-bond donors (Lipinski definition) is 0. The van der Waals surface area contributed by atoms with Crippen LogP contribution in [0.4, 0.5) is 19.2 Å². The SMILES string of the molecule is CN(C)C(=O)Oc1ccc(/C=C/C(=O)c2c(OC(=O)N(C)C)cc(OC(=O)N(C)C)cc2OC(=O)N(C)C)cc1. The molecule has 0 atom stereocenters. The van der Waals surface area contributed by atoms with E-state index >= 15 is 0 Å². The molecule has 2 aromatic carbocycles. The molecule has 0 saturated heterocycles. The first kappa shape index (κ1) is 31.1. The summed E-state index contributed by atoms with van der Waals surface area (Å²) in [5.41, 5.74) is 0.316. The van der Waals surface area contributed by atoms with Crippen LogP contribution in [0.25, 0.3) is 6.08 Å². The summed E-state index contributed by atoms with van der Waals surface area (Å²) >= 11 is 0. The Balaban J connectivity index is 2.53. The van der Waals surface area contributed by atoms with Crippen molar-refractivity contribution in [3.05, 3.63) is 53.6 Å². The molecule has 0 saturated carbocycles. The molecule has 13 nitrogen and oxygen atoms in total. The van der Waals surface area contributed by atoms with E-state index in [1.807, 2.05) is 0 Å². The first-order valence-electron chi connectivity index (χ1n) is 11.8. The zero-order valence-corrected chi connectivity index (χ0v) is 23.6. The van der Waals surface area contributed by atoms with E-state index in [9.17, 15) is 24.0 Å². The third-order valence-corrected chi connectivity index (χ3v) is 4.86. The molecular weight excluding hydrogens is 524 g/mol. The van der Waals surface area contributed by atoms with E-state index in [4.69, 9.17) is 18.9 Å². The van der Waals surface area contributed by atoms with Gasteiger partial charge in [0.05, 0.1) is 0 Å². The van der Waals surface area contributed by atoms with Gasteiger partial charge in [0.1, 0.15) is 17.1 Å². The summed E-state index contributed by atoms with van der Waals surface area (Å²) in [5, 5.41) is 0. The lowest BCUT2D eigenvalue weighted by Crippen LogP contribution is -2.28. The Morgan fingerprint density at radius 2 is 0.925 bits per heavy atom. The van der Waals surface area contributed by atoms with Crippen LogP contribution in [0.1, 0.15) is 15.9 Å².